The van der Waals surface area contributed by atoms with Crippen molar-refractivity contribution in [1.82, 2.24) is 0 Å². The van der Waals surface area contributed by atoms with Crippen LogP contribution in [-0.4, -0.2) is 158 Å². The summed E-state index contributed by atoms with van der Waals surface area (Å²) < 4.78 is 64.5. The Hall–Kier alpha value is -0.970. The van der Waals surface area contributed by atoms with Crippen molar-refractivity contribution in [1.29, 1.82) is 0 Å². The van der Waals surface area contributed by atoms with Gasteiger partial charge in [-0.3, -0.25) is 4.79 Å². The van der Waals surface area contributed by atoms with E-state index in [1.54, 1.807) is 0 Å². The standard InChI is InChI=1S/C29H58O13/c1-4-31-7-8-33-11-12-35-15-16-37-19-20-39-23-24-41-26-25-40-22-21-38-18-17-36-14-13-34-10-9-32-6-5-29(30)42-27-28(2)3/h28H,4-27H2,1-3H3. The van der Waals surface area contributed by atoms with Gasteiger partial charge in [0.2, 0.25) is 0 Å². The van der Waals surface area contributed by atoms with Crippen molar-refractivity contribution in [2.24, 2.45) is 5.92 Å². The van der Waals surface area contributed by atoms with Gasteiger partial charge in [-0.2, -0.15) is 0 Å². The lowest BCUT2D eigenvalue weighted by Gasteiger charge is -2.09. The molecule has 0 aromatic rings. The molecule has 0 aliphatic carbocycles. The first-order valence-corrected chi connectivity index (χ1v) is 15.2. The van der Waals surface area contributed by atoms with Gasteiger partial charge in [0.15, 0.2) is 0 Å². The summed E-state index contributed by atoms with van der Waals surface area (Å²) in [5, 5.41) is 0. The molecule has 0 aromatic heterocycles. The van der Waals surface area contributed by atoms with E-state index in [2.05, 4.69) is 0 Å². The number of ether oxygens (including phenoxy) is 12. The maximum Gasteiger partial charge on any atom is 0.308 e. The van der Waals surface area contributed by atoms with E-state index in [1.807, 2.05) is 20.8 Å². The molecule has 13 heteroatoms. The molecule has 0 aliphatic rings. The molecule has 0 rings (SSSR count). The highest BCUT2D eigenvalue weighted by Crippen LogP contribution is 1.95. The third-order valence-corrected chi connectivity index (χ3v) is 4.95. The Balaban J connectivity index is 3.07. The molecule has 0 unspecified atom stereocenters. The Labute approximate surface area is 252 Å². The highest BCUT2D eigenvalue weighted by molar-refractivity contribution is 5.69. The van der Waals surface area contributed by atoms with E-state index in [0.717, 1.165) is 0 Å². The normalized spacial score (nSPS) is 11.5. The molecule has 0 aromatic carbocycles. The third kappa shape index (κ3) is 37.1. The molecule has 0 atom stereocenters. The van der Waals surface area contributed by atoms with Crippen molar-refractivity contribution in [2.45, 2.75) is 27.2 Å². The molecule has 0 N–H and O–H groups in total. The van der Waals surface area contributed by atoms with Crippen molar-refractivity contribution in [3.8, 4) is 0 Å². The van der Waals surface area contributed by atoms with Gasteiger partial charge in [-0.05, 0) is 12.8 Å². The molecule has 42 heavy (non-hydrogen) atoms. The van der Waals surface area contributed by atoms with Crippen LogP contribution in [0.4, 0.5) is 0 Å². The number of carbonyl (C=O) groups is 1. The Kier molecular flexibility index (Phi) is 35.4. The van der Waals surface area contributed by atoms with E-state index in [9.17, 15) is 4.79 Å². The molecular formula is C29H58O13. The maximum atomic E-state index is 11.4. The summed E-state index contributed by atoms with van der Waals surface area (Å²) in [4.78, 5) is 11.4. The van der Waals surface area contributed by atoms with Crippen molar-refractivity contribution < 1.29 is 61.6 Å². The molecule has 0 bridgehead atoms. The number of carbonyl (C=O) groups excluding carboxylic acids is 1. The van der Waals surface area contributed by atoms with Gasteiger partial charge in [0.25, 0.3) is 0 Å². The third-order valence-electron chi connectivity index (χ3n) is 4.95. The Bertz CT molecular complexity index is 526. The van der Waals surface area contributed by atoms with Crippen molar-refractivity contribution in [2.75, 3.05) is 152 Å². The van der Waals surface area contributed by atoms with E-state index < -0.39 is 0 Å². The Morgan fingerprint density at radius 3 is 0.881 bits per heavy atom. The maximum absolute atomic E-state index is 11.4. The molecule has 252 valence electrons. The van der Waals surface area contributed by atoms with Crippen LogP contribution in [-0.2, 0) is 61.6 Å². The topological polar surface area (TPSA) is 128 Å². The molecule has 0 aliphatic heterocycles. The smallest absolute Gasteiger partial charge is 0.308 e. The van der Waals surface area contributed by atoms with Crippen LogP contribution < -0.4 is 0 Å². The average Bonchev–Trinajstić information content (AvgIpc) is 2.98. The highest BCUT2D eigenvalue weighted by Gasteiger charge is 2.04. The second kappa shape index (κ2) is 36.2. The predicted molar refractivity (Wildman–Crippen MR) is 155 cm³/mol. The van der Waals surface area contributed by atoms with Crippen LogP contribution in [0.3, 0.4) is 0 Å². The van der Waals surface area contributed by atoms with Crippen LogP contribution in [0.5, 0.6) is 0 Å². The summed E-state index contributed by atoms with van der Waals surface area (Å²) in [6.07, 6.45) is 0.257. The van der Waals surface area contributed by atoms with Crippen LogP contribution in [0.2, 0.25) is 0 Å². The zero-order valence-corrected chi connectivity index (χ0v) is 26.4. The lowest BCUT2D eigenvalue weighted by Crippen LogP contribution is -2.15. The summed E-state index contributed by atoms with van der Waals surface area (Å²) in [6, 6.07) is 0. The van der Waals surface area contributed by atoms with Gasteiger partial charge in [0.1, 0.15) is 0 Å². The van der Waals surface area contributed by atoms with Crippen LogP contribution >= 0.6 is 0 Å². The largest absolute Gasteiger partial charge is 0.465 e. The fourth-order valence-corrected chi connectivity index (χ4v) is 2.83. The fraction of sp³-hybridized carbons (Fsp3) is 0.966. The first-order valence-electron chi connectivity index (χ1n) is 15.2. The summed E-state index contributed by atoms with van der Waals surface area (Å²) in [5.74, 6) is 0.101. The first-order chi connectivity index (χ1) is 20.7. The van der Waals surface area contributed by atoms with E-state index in [4.69, 9.17) is 56.8 Å². The van der Waals surface area contributed by atoms with Gasteiger partial charge in [-0.1, -0.05) is 13.8 Å². The van der Waals surface area contributed by atoms with Gasteiger partial charge >= 0.3 is 5.97 Å². The van der Waals surface area contributed by atoms with Crippen molar-refractivity contribution in [3.05, 3.63) is 0 Å². The molecule has 0 saturated carbocycles. The number of esters is 1. The Morgan fingerprint density at radius 1 is 0.405 bits per heavy atom. The minimum atomic E-state index is -0.234. The van der Waals surface area contributed by atoms with Crippen molar-refractivity contribution >= 4 is 5.97 Å². The summed E-state index contributed by atoms with van der Waals surface area (Å²) >= 11 is 0. The van der Waals surface area contributed by atoms with E-state index >= 15 is 0 Å². The van der Waals surface area contributed by atoms with Gasteiger partial charge in [-0.25, -0.2) is 0 Å². The van der Waals surface area contributed by atoms with E-state index in [0.29, 0.717) is 158 Å². The molecule has 0 spiro atoms. The Morgan fingerprint density at radius 2 is 0.643 bits per heavy atom. The number of hydrogen-bond acceptors (Lipinski definition) is 13. The zero-order chi connectivity index (χ0) is 30.6. The molecule has 0 amide bonds. The fourth-order valence-electron chi connectivity index (χ4n) is 2.83. The van der Waals surface area contributed by atoms with Crippen LogP contribution in [0, 0.1) is 5.92 Å². The summed E-state index contributed by atoms with van der Waals surface area (Å²) in [6.45, 7) is 17.7. The van der Waals surface area contributed by atoms with Crippen molar-refractivity contribution in [3.63, 3.8) is 0 Å². The predicted octanol–water partition coefficient (Wildman–Crippen LogP) is 1.78. The molecule has 0 saturated heterocycles. The first kappa shape index (κ1) is 41.0. The average molecular weight is 615 g/mol. The second-order valence-corrected chi connectivity index (χ2v) is 9.15. The van der Waals surface area contributed by atoms with Gasteiger partial charge in [0.05, 0.1) is 152 Å². The summed E-state index contributed by atoms with van der Waals surface area (Å²) in [7, 11) is 0. The zero-order valence-electron chi connectivity index (χ0n) is 26.4. The van der Waals surface area contributed by atoms with E-state index in [1.165, 1.54) is 0 Å². The molecule has 0 radical (unpaired) electrons. The van der Waals surface area contributed by atoms with E-state index in [-0.39, 0.29) is 12.4 Å². The van der Waals surface area contributed by atoms with Crippen LogP contribution in [0.1, 0.15) is 27.2 Å². The minimum Gasteiger partial charge on any atom is -0.465 e. The molecule has 0 fully saturated rings. The lowest BCUT2D eigenvalue weighted by atomic mass is 10.2. The van der Waals surface area contributed by atoms with Gasteiger partial charge in [-0.15, -0.1) is 0 Å². The molecule has 0 heterocycles. The molecular weight excluding hydrogens is 556 g/mol. The monoisotopic (exact) mass is 614 g/mol. The SMILES string of the molecule is CCOCCOCCOCCOCCOCCOCCOCCOCCOCCOCCOCCC(=O)OCC(C)C. The quantitative estimate of drug-likeness (QED) is 0.0752. The number of rotatable bonds is 36. The van der Waals surface area contributed by atoms with Gasteiger partial charge in [0, 0.05) is 6.61 Å². The number of hydrogen-bond donors (Lipinski definition) is 0. The second-order valence-electron chi connectivity index (χ2n) is 9.15. The van der Waals surface area contributed by atoms with Crippen LogP contribution in [0.25, 0.3) is 0 Å². The van der Waals surface area contributed by atoms with Crippen LogP contribution in [0.15, 0.2) is 0 Å². The molecule has 13 nitrogen and oxygen atoms in total. The highest BCUT2D eigenvalue weighted by atomic mass is 16.6. The lowest BCUT2D eigenvalue weighted by molar-refractivity contribution is -0.146. The minimum absolute atomic E-state index is 0.234. The van der Waals surface area contributed by atoms with Gasteiger partial charge < -0.3 is 56.8 Å². The summed E-state index contributed by atoms with van der Waals surface area (Å²) in [5.41, 5.74) is 0.